The highest BCUT2D eigenvalue weighted by Crippen LogP contribution is 2.37. The third kappa shape index (κ3) is 2.57. The Hall–Kier alpha value is -1.42. The van der Waals surface area contributed by atoms with Crippen LogP contribution in [0, 0.1) is 0 Å². The molecule has 0 saturated heterocycles. The van der Waals surface area contributed by atoms with Gasteiger partial charge in [0.05, 0.1) is 16.8 Å². The number of halogens is 1. The Labute approximate surface area is 124 Å². The van der Waals surface area contributed by atoms with Crippen LogP contribution in [0.25, 0.3) is 0 Å². The zero-order valence-electron chi connectivity index (χ0n) is 11.2. The van der Waals surface area contributed by atoms with Crippen molar-refractivity contribution in [3.8, 4) is 0 Å². The van der Waals surface area contributed by atoms with Crippen LogP contribution in [0.1, 0.15) is 48.0 Å². The molecule has 3 rings (SSSR count). The molecule has 1 aliphatic rings. The highest BCUT2D eigenvalue weighted by molar-refractivity contribution is 6.31. The molecule has 3 N–H and O–H groups in total. The van der Waals surface area contributed by atoms with E-state index < -0.39 is 0 Å². The second kappa shape index (κ2) is 5.92. The maximum absolute atomic E-state index is 6.20. The van der Waals surface area contributed by atoms with E-state index in [1.54, 1.807) is 6.20 Å². The molecule has 4 heteroatoms. The predicted molar refractivity (Wildman–Crippen MR) is 81.4 cm³/mol. The van der Waals surface area contributed by atoms with Crippen LogP contribution in [0.5, 0.6) is 0 Å². The third-order valence-corrected chi connectivity index (χ3v) is 4.39. The van der Waals surface area contributed by atoms with E-state index in [-0.39, 0.29) is 6.04 Å². The van der Waals surface area contributed by atoms with Gasteiger partial charge in [-0.3, -0.25) is 10.8 Å². The Morgan fingerprint density at radius 3 is 2.50 bits per heavy atom. The lowest BCUT2D eigenvalue weighted by atomic mass is 9.80. The molecule has 1 aromatic carbocycles. The maximum atomic E-state index is 6.20. The molecule has 1 aliphatic carbocycles. The molecule has 0 spiro atoms. The van der Waals surface area contributed by atoms with Gasteiger partial charge >= 0.3 is 0 Å². The summed E-state index contributed by atoms with van der Waals surface area (Å²) in [7, 11) is 0. The number of hydrogen-bond acceptors (Lipinski definition) is 3. The van der Waals surface area contributed by atoms with Crippen molar-refractivity contribution in [1.82, 2.24) is 10.4 Å². The first-order valence-electron chi connectivity index (χ1n) is 6.96. The summed E-state index contributed by atoms with van der Waals surface area (Å²) in [6.45, 7) is 0. The van der Waals surface area contributed by atoms with Crippen LogP contribution in [-0.4, -0.2) is 4.98 Å². The van der Waals surface area contributed by atoms with E-state index in [2.05, 4.69) is 34.7 Å². The molecule has 2 aromatic rings. The normalized spacial score (nSPS) is 16.7. The molecule has 1 unspecified atom stereocenters. The minimum absolute atomic E-state index is 0.181. The summed E-state index contributed by atoms with van der Waals surface area (Å²) in [5.41, 5.74) is 6.06. The molecule has 1 aromatic heterocycles. The van der Waals surface area contributed by atoms with E-state index >= 15 is 0 Å². The van der Waals surface area contributed by atoms with E-state index in [1.807, 2.05) is 12.1 Å². The second-order valence-corrected chi connectivity index (χ2v) is 5.67. The number of pyridine rings is 1. The molecular formula is C16H18ClN3. The highest BCUT2D eigenvalue weighted by atomic mass is 35.5. The molecule has 0 bridgehead atoms. The van der Waals surface area contributed by atoms with Gasteiger partial charge in [-0.25, -0.2) is 5.43 Å². The summed E-state index contributed by atoms with van der Waals surface area (Å²) < 4.78 is 0. The van der Waals surface area contributed by atoms with E-state index in [0.717, 1.165) is 17.2 Å². The van der Waals surface area contributed by atoms with Crippen molar-refractivity contribution in [2.24, 2.45) is 5.84 Å². The Kier molecular flexibility index (Phi) is 4.01. The summed E-state index contributed by atoms with van der Waals surface area (Å²) in [5.74, 6) is 6.43. The van der Waals surface area contributed by atoms with Crippen LogP contribution in [0.2, 0.25) is 5.02 Å². The van der Waals surface area contributed by atoms with E-state index in [1.165, 1.54) is 24.8 Å². The molecule has 1 heterocycles. The average molecular weight is 288 g/mol. The fourth-order valence-corrected chi connectivity index (χ4v) is 2.88. The molecule has 1 atom stereocenters. The van der Waals surface area contributed by atoms with Crippen molar-refractivity contribution >= 4 is 11.6 Å². The number of hydrogen-bond donors (Lipinski definition) is 2. The van der Waals surface area contributed by atoms with Gasteiger partial charge in [-0.2, -0.15) is 0 Å². The summed E-state index contributed by atoms with van der Waals surface area (Å²) in [6, 6.07) is 12.1. The quantitative estimate of drug-likeness (QED) is 0.668. The standard InChI is InChI=1S/C16H18ClN3/c17-14-5-2-10-19-16(14)15(20-18)13-8-6-12(7-9-13)11-3-1-4-11/h2,5-11,15,20H,1,3-4,18H2. The number of nitrogens with one attached hydrogen (secondary N) is 1. The Morgan fingerprint density at radius 1 is 1.20 bits per heavy atom. The molecule has 20 heavy (non-hydrogen) atoms. The SMILES string of the molecule is NNC(c1ccc(C2CCC2)cc1)c1ncccc1Cl. The van der Waals surface area contributed by atoms with Crippen LogP contribution in [0.15, 0.2) is 42.6 Å². The van der Waals surface area contributed by atoms with Crippen molar-refractivity contribution < 1.29 is 0 Å². The fourth-order valence-electron chi connectivity index (χ4n) is 2.65. The summed E-state index contributed by atoms with van der Waals surface area (Å²) in [6.07, 6.45) is 5.70. The van der Waals surface area contributed by atoms with E-state index in [4.69, 9.17) is 17.4 Å². The predicted octanol–water partition coefficient (Wildman–Crippen LogP) is 3.56. The number of rotatable bonds is 4. The monoisotopic (exact) mass is 287 g/mol. The van der Waals surface area contributed by atoms with Gasteiger partial charge in [-0.05, 0) is 42.0 Å². The zero-order valence-corrected chi connectivity index (χ0v) is 12.0. The largest absolute Gasteiger partial charge is 0.271 e. The molecule has 0 amide bonds. The van der Waals surface area contributed by atoms with Gasteiger partial charge in [0.15, 0.2) is 0 Å². The number of benzene rings is 1. The summed E-state index contributed by atoms with van der Waals surface area (Å²) in [4.78, 5) is 4.34. The van der Waals surface area contributed by atoms with E-state index in [0.29, 0.717) is 5.02 Å². The molecular weight excluding hydrogens is 270 g/mol. The number of hydrazine groups is 1. The van der Waals surface area contributed by atoms with Crippen LogP contribution < -0.4 is 11.3 Å². The van der Waals surface area contributed by atoms with Crippen LogP contribution in [0.4, 0.5) is 0 Å². The van der Waals surface area contributed by atoms with E-state index in [9.17, 15) is 0 Å². The van der Waals surface area contributed by atoms with Crippen molar-refractivity contribution in [1.29, 1.82) is 0 Å². The number of aromatic nitrogens is 1. The van der Waals surface area contributed by atoms with Gasteiger partial charge in [-0.1, -0.05) is 42.3 Å². The highest BCUT2D eigenvalue weighted by Gasteiger charge is 2.21. The topological polar surface area (TPSA) is 50.9 Å². The minimum atomic E-state index is -0.181. The summed E-state index contributed by atoms with van der Waals surface area (Å²) >= 11 is 6.20. The van der Waals surface area contributed by atoms with Crippen LogP contribution in [0.3, 0.4) is 0 Å². The lowest BCUT2D eigenvalue weighted by Crippen LogP contribution is -2.29. The zero-order chi connectivity index (χ0) is 13.9. The fraction of sp³-hybridized carbons (Fsp3) is 0.312. The van der Waals surface area contributed by atoms with Gasteiger partial charge < -0.3 is 0 Å². The van der Waals surface area contributed by atoms with Gasteiger partial charge in [0.2, 0.25) is 0 Å². The first-order chi connectivity index (χ1) is 9.79. The molecule has 0 radical (unpaired) electrons. The number of nitrogens with zero attached hydrogens (tertiary/aromatic N) is 1. The Bertz CT molecular complexity index is 579. The van der Waals surface area contributed by atoms with Crippen LogP contribution in [-0.2, 0) is 0 Å². The second-order valence-electron chi connectivity index (χ2n) is 5.26. The third-order valence-electron chi connectivity index (χ3n) is 4.07. The first-order valence-corrected chi connectivity index (χ1v) is 7.34. The van der Waals surface area contributed by atoms with Crippen molar-refractivity contribution in [2.75, 3.05) is 0 Å². The molecule has 0 aliphatic heterocycles. The van der Waals surface area contributed by atoms with Gasteiger partial charge in [0.1, 0.15) is 0 Å². The minimum Gasteiger partial charge on any atom is -0.271 e. The maximum Gasteiger partial charge on any atom is 0.0896 e. The smallest absolute Gasteiger partial charge is 0.0896 e. The van der Waals surface area contributed by atoms with Crippen molar-refractivity contribution in [3.05, 3.63) is 64.4 Å². The van der Waals surface area contributed by atoms with Crippen LogP contribution >= 0.6 is 11.6 Å². The lowest BCUT2D eigenvalue weighted by molar-refractivity contribution is 0.419. The first kappa shape index (κ1) is 13.6. The van der Waals surface area contributed by atoms with Crippen molar-refractivity contribution in [3.63, 3.8) is 0 Å². The Morgan fingerprint density at radius 2 is 1.95 bits per heavy atom. The van der Waals surface area contributed by atoms with Gasteiger partial charge in [0, 0.05) is 6.20 Å². The Balaban J connectivity index is 1.87. The molecule has 3 nitrogen and oxygen atoms in total. The number of nitrogens with two attached hydrogens (primary N) is 1. The molecule has 1 fully saturated rings. The molecule has 1 saturated carbocycles. The van der Waals surface area contributed by atoms with Crippen molar-refractivity contribution in [2.45, 2.75) is 31.2 Å². The summed E-state index contributed by atoms with van der Waals surface area (Å²) in [5, 5.41) is 0.624. The molecule has 104 valence electrons. The van der Waals surface area contributed by atoms with Gasteiger partial charge in [0.25, 0.3) is 0 Å². The average Bonchev–Trinajstić information content (AvgIpc) is 2.41. The lowest BCUT2D eigenvalue weighted by Gasteiger charge is -2.26. The van der Waals surface area contributed by atoms with Gasteiger partial charge in [-0.15, -0.1) is 0 Å².